The normalized spacial score (nSPS) is 46.7. The Labute approximate surface area is 91.6 Å². The van der Waals surface area contributed by atoms with Crippen LogP contribution in [0.15, 0.2) is 11.8 Å². The number of hydrogen-bond acceptors (Lipinski definition) is 2. The number of rotatable bonds is 2. The van der Waals surface area contributed by atoms with Crippen LogP contribution in [0.1, 0.15) is 39.5 Å². The van der Waals surface area contributed by atoms with E-state index in [0.29, 0.717) is 18.3 Å². The van der Waals surface area contributed by atoms with Crippen LogP contribution < -0.4 is 0 Å². The zero-order chi connectivity index (χ0) is 10.4. The van der Waals surface area contributed by atoms with Gasteiger partial charge in [-0.05, 0) is 44.1 Å². The van der Waals surface area contributed by atoms with Crippen molar-refractivity contribution in [2.24, 2.45) is 11.8 Å². The molecule has 0 N–H and O–H groups in total. The molecule has 3 rings (SSSR count). The highest BCUT2D eigenvalue weighted by atomic mass is 16.6. The molecule has 2 bridgehead atoms. The van der Waals surface area contributed by atoms with Gasteiger partial charge in [0.1, 0.15) is 6.10 Å². The molecule has 0 aromatic heterocycles. The summed E-state index contributed by atoms with van der Waals surface area (Å²) >= 11 is 0. The number of ether oxygens (including phenoxy) is 2. The van der Waals surface area contributed by atoms with E-state index in [1.165, 1.54) is 24.8 Å². The van der Waals surface area contributed by atoms with Crippen LogP contribution in [0.25, 0.3) is 0 Å². The Morgan fingerprint density at radius 3 is 2.87 bits per heavy atom. The molecule has 0 spiro atoms. The second-order valence-corrected chi connectivity index (χ2v) is 5.50. The summed E-state index contributed by atoms with van der Waals surface area (Å²) in [7, 11) is 0. The first kappa shape index (κ1) is 9.71. The first-order chi connectivity index (χ1) is 7.25. The van der Waals surface area contributed by atoms with E-state index in [2.05, 4.69) is 13.8 Å². The number of hydrogen-bond donors (Lipinski definition) is 0. The molecule has 2 heterocycles. The van der Waals surface area contributed by atoms with Crippen molar-refractivity contribution in [3.8, 4) is 0 Å². The van der Waals surface area contributed by atoms with Crippen molar-refractivity contribution in [3.63, 3.8) is 0 Å². The molecule has 0 aromatic rings. The second kappa shape index (κ2) is 3.51. The first-order valence-corrected chi connectivity index (χ1v) is 6.20. The second-order valence-electron chi connectivity index (χ2n) is 5.50. The Morgan fingerprint density at radius 1 is 1.27 bits per heavy atom. The minimum atomic E-state index is 0.337. The third-order valence-corrected chi connectivity index (χ3v) is 4.17. The maximum absolute atomic E-state index is 6.03. The summed E-state index contributed by atoms with van der Waals surface area (Å²) in [6.45, 7) is 4.15. The fourth-order valence-electron chi connectivity index (χ4n) is 3.60. The smallest absolute Gasteiger partial charge is 0.127 e. The van der Waals surface area contributed by atoms with Gasteiger partial charge >= 0.3 is 0 Å². The van der Waals surface area contributed by atoms with Gasteiger partial charge in [0, 0.05) is 6.42 Å². The minimum Gasteiger partial charge on any atom is -0.495 e. The van der Waals surface area contributed by atoms with E-state index in [9.17, 15) is 0 Å². The molecule has 3 fully saturated rings. The Morgan fingerprint density at radius 2 is 2.07 bits per heavy atom. The van der Waals surface area contributed by atoms with Crippen LogP contribution in [0.5, 0.6) is 0 Å². The summed E-state index contributed by atoms with van der Waals surface area (Å²) in [4.78, 5) is 0. The topological polar surface area (TPSA) is 18.5 Å². The Balaban J connectivity index is 1.68. The van der Waals surface area contributed by atoms with Gasteiger partial charge in [-0.2, -0.15) is 0 Å². The van der Waals surface area contributed by atoms with Gasteiger partial charge in [-0.3, -0.25) is 0 Å². The summed E-state index contributed by atoms with van der Waals surface area (Å²) in [6.07, 6.45) is 8.43. The maximum Gasteiger partial charge on any atom is 0.127 e. The van der Waals surface area contributed by atoms with E-state index in [0.717, 1.165) is 18.3 Å². The zero-order valence-electron chi connectivity index (χ0n) is 9.61. The summed E-state index contributed by atoms with van der Waals surface area (Å²) in [5, 5.41) is 0. The SMILES string of the molecule is CC(C)=COC1CC2OC1C1CCCC21. The fourth-order valence-corrected chi connectivity index (χ4v) is 3.60. The van der Waals surface area contributed by atoms with Crippen LogP contribution in [0.3, 0.4) is 0 Å². The van der Waals surface area contributed by atoms with Crippen LogP contribution in [0.4, 0.5) is 0 Å². The molecule has 2 heteroatoms. The van der Waals surface area contributed by atoms with Gasteiger partial charge in [0.2, 0.25) is 0 Å². The molecular weight excluding hydrogens is 188 g/mol. The van der Waals surface area contributed by atoms with Crippen LogP contribution in [0.2, 0.25) is 0 Å². The summed E-state index contributed by atoms with van der Waals surface area (Å²) in [5.74, 6) is 1.67. The van der Waals surface area contributed by atoms with E-state index < -0.39 is 0 Å². The molecule has 2 aliphatic heterocycles. The van der Waals surface area contributed by atoms with E-state index >= 15 is 0 Å². The van der Waals surface area contributed by atoms with Crippen molar-refractivity contribution in [2.75, 3.05) is 0 Å². The summed E-state index contributed by atoms with van der Waals surface area (Å²) < 4.78 is 11.8. The molecule has 3 aliphatic rings. The number of allylic oxidation sites excluding steroid dienone is 1. The molecule has 0 amide bonds. The Hall–Kier alpha value is -0.500. The van der Waals surface area contributed by atoms with Crippen molar-refractivity contribution in [1.82, 2.24) is 0 Å². The summed E-state index contributed by atoms with van der Waals surface area (Å²) in [6, 6.07) is 0. The van der Waals surface area contributed by atoms with E-state index in [4.69, 9.17) is 9.47 Å². The van der Waals surface area contributed by atoms with Crippen LogP contribution in [0, 0.1) is 11.8 Å². The average molecular weight is 208 g/mol. The van der Waals surface area contributed by atoms with Gasteiger partial charge in [-0.1, -0.05) is 6.42 Å². The van der Waals surface area contributed by atoms with Gasteiger partial charge in [-0.15, -0.1) is 0 Å². The zero-order valence-corrected chi connectivity index (χ0v) is 9.61. The molecule has 5 atom stereocenters. The van der Waals surface area contributed by atoms with E-state index in [1.54, 1.807) is 0 Å². The van der Waals surface area contributed by atoms with Crippen molar-refractivity contribution >= 4 is 0 Å². The Bertz CT molecular complexity index is 280. The van der Waals surface area contributed by atoms with Gasteiger partial charge in [0.15, 0.2) is 0 Å². The molecular formula is C13H20O2. The highest BCUT2D eigenvalue weighted by Gasteiger charge is 2.56. The van der Waals surface area contributed by atoms with Crippen LogP contribution in [-0.2, 0) is 9.47 Å². The monoisotopic (exact) mass is 208 g/mol. The third kappa shape index (κ3) is 1.50. The van der Waals surface area contributed by atoms with Gasteiger partial charge in [0.05, 0.1) is 18.5 Å². The lowest BCUT2D eigenvalue weighted by atomic mass is 9.80. The van der Waals surface area contributed by atoms with Crippen LogP contribution in [-0.4, -0.2) is 18.3 Å². The predicted molar refractivity (Wildman–Crippen MR) is 58.4 cm³/mol. The molecule has 0 aromatic carbocycles. The highest BCUT2D eigenvalue weighted by Crippen LogP contribution is 2.52. The van der Waals surface area contributed by atoms with Crippen molar-refractivity contribution in [1.29, 1.82) is 0 Å². The maximum atomic E-state index is 6.03. The molecule has 2 nitrogen and oxygen atoms in total. The lowest BCUT2D eigenvalue weighted by molar-refractivity contribution is 0.0223. The minimum absolute atomic E-state index is 0.337. The van der Waals surface area contributed by atoms with Gasteiger partial charge < -0.3 is 9.47 Å². The number of fused-ring (bicyclic) bond motifs is 5. The van der Waals surface area contributed by atoms with Crippen molar-refractivity contribution < 1.29 is 9.47 Å². The molecule has 1 aliphatic carbocycles. The van der Waals surface area contributed by atoms with E-state index in [1.807, 2.05) is 6.26 Å². The largest absolute Gasteiger partial charge is 0.495 e. The van der Waals surface area contributed by atoms with Gasteiger partial charge in [0.25, 0.3) is 0 Å². The van der Waals surface area contributed by atoms with Crippen molar-refractivity contribution in [3.05, 3.63) is 11.8 Å². The molecule has 2 saturated heterocycles. The average Bonchev–Trinajstić information content (AvgIpc) is 2.86. The van der Waals surface area contributed by atoms with Crippen LogP contribution >= 0.6 is 0 Å². The predicted octanol–water partition coefficient (Wildman–Crippen LogP) is 2.88. The molecule has 0 radical (unpaired) electrons. The molecule has 1 saturated carbocycles. The Kier molecular flexibility index (Phi) is 2.27. The standard InChI is InChI=1S/C13H20O2/c1-8(2)7-14-12-6-11-9-4-3-5-10(9)13(12)15-11/h7,9-13H,3-6H2,1-2H3. The molecule has 5 unspecified atom stereocenters. The van der Waals surface area contributed by atoms with E-state index in [-0.39, 0.29) is 0 Å². The van der Waals surface area contributed by atoms with Crippen molar-refractivity contribution in [2.45, 2.75) is 57.8 Å². The quantitative estimate of drug-likeness (QED) is 0.650. The first-order valence-electron chi connectivity index (χ1n) is 6.20. The lowest BCUT2D eigenvalue weighted by Crippen LogP contribution is -2.34. The molecule has 15 heavy (non-hydrogen) atoms. The summed E-state index contributed by atoms with van der Waals surface area (Å²) in [5.41, 5.74) is 1.24. The lowest BCUT2D eigenvalue weighted by Gasteiger charge is -2.27. The third-order valence-electron chi connectivity index (χ3n) is 4.17. The van der Waals surface area contributed by atoms with Gasteiger partial charge in [-0.25, -0.2) is 0 Å². The fraction of sp³-hybridized carbons (Fsp3) is 0.846. The highest BCUT2D eigenvalue weighted by molar-refractivity contribution is 5.05. The molecule has 84 valence electrons.